The molecule has 3 N–H and O–H groups in total. The van der Waals surface area contributed by atoms with E-state index in [4.69, 9.17) is 10.8 Å². The van der Waals surface area contributed by atoms with Crippen molar-refractivity contribution in [1.82, 2.24) is 4.98 Å². The molecule has 0 aliphatic heterocycles. The monoisotopic (exact) mass is 232 g/mol. The molecule has 1 aromatic carbocycles. The van der Waals surface area contributed by atoms with Gasteiger partial charge in [0.05, 0.1) is 6.61 Å². The number of hydrogen-bond acceptors (Lipinski definition) is 3. The first kappa shape index (κ1) is 11.5. The molecule has 2 rings (SSSR count). The maximum Gasteiger partial charge on any atom is 0.131 e. The van der Waals surface area contributed by atoms with Crippen molar-refractivity contribution in [3.8, 4) is 11.1 Å². The van der Waals surface area contributed by atoms with Crippen LogP contribution in [0.4, 0.5) is 10.2 Å². The summed E-state index contributed by atoms with van der Waals surface area (Å²) in [5.41, 5.74) is 8.00. The molecule has 4 heteroatoms. The Kier molecular flexibility index (Phi) is 3.06. The van der Waals surface area contributed by atoms with Gasteiger partial charge in [0.25, 0.3) is 0 Å². The van der Waals surface area contributed by atoms with Crippen molar-refractivity contribution in [2.45, 2.75) is 13.5 Å². The van der Waals surface area contributed by atoms with E-state index in [9.17, 15) is 4.39 Å². The molecular weight excluding hydrogens is 219 g/mol. The van der Waals surface area contributed by atoms with Gasteiger partial charge in [0.15, 0.2) is 0 Å². The lowest BCUT2D eigenvalue weighted by Gasteiger charge is -2.08. The fourth-order valence-electron chi connectivity index (χ4n) is 1.74. The summed E-state index contributed by atoms with van der Waals surface area (Å²) in [6.45, 7) is 1.66. The Labute approximate surface area is 98.7 Å². The van der Waals surface area contributed by atoms with Crippen molar-refractivity contribution >= 4 is 5.82 Å². The number of nitrogens with zero attached hydrogens (tertiary/aromatic N) is 1. The van der Waals surface area contributed by atoms with Gasteiger partial charge in [-0.2, -0.15) is 0 Å². The van der Waals surface area contributed by atoms with Gasteiger partial charge in [-0.3, -0.25) is 0 Å². The van der Waals surface area contributed by atoms with E-state index in [0.717, 1.165) is 0 Å². The van der Waals surface area contributed by atoms with Gasteiger partial charge in [0.2, 0.25) is 0 Å². The zero-order chi connectivity index (χ0) is 12.4. The third kappa shape index (κ3) is 2.26. The average molecular weight is 232 g/mol. The maximum absolute atomic E-state index is 13.7. The zero-order valence-corrected chi connectivity index (χ0v) is 9.44. The van der Waals surface area contributed by atoms with Crippen molar-refractivity contribution in [1.29, 1.82) is 0 Å². The van der Waals surface area contributed by atoms with E-state index < -0.39 is 0 Å². The predicted octanol–water partition coefficient (Wildman–Crippen LogP) is 2.27. The first-order valence-corrected chi connectivity index (χ1v) is 5.24. The molecule has 0 aliphatic rings. The highest BCUT2D eigenvalue weighted by atomic mass is 19.1. The summed E-state index contributed by atoms with van der Waals surface area (Å²) in [6, 6.07) is 7.88. The molecule has 3 nitrogen and oxygen atoms in total. The minimum absolute atomic E-state index is 0.116. The van der Waals surface area contributed by atoms with Gasteiger partial charge in [-0.1, -0.05) is 6.07 Å². The van der Waals surface area contributed by atoms with Crippen molar-refractivity contribution in [2.75, 3.05) is 5.73 Å². The Balaban J connectivity index is 2.59. The SMILES string of the molecule is Cc1nc(N)ccc1-c1cc(CO)ccc1F. The Morgan fingerprint density at radius 2 is 2.00 bits per heavy atom. The van der Waals surface area contributed by atoms with Crippen molar-refractivity contribution in [3.63, 3.8) is 0 Å². The number of aromatic nitrogens is 1. The normalized spacial score (nSPS) is 10.5. The number of nitrogen functional groups attached to an aromatic ring is 1. The van der Waals surface area contributed by atoms with Crippen LogP contribution in [0.3, 0.4) is 0 Å². The van der Waals surface area contributed by atoms with E-state index in [0.29, 0.717) is 28.2 Å². The molecule has 17 heavy (non-hydrogen) atoms. The van der Waals surface area contributed by atoms with E-state index in [-0.39, 0.29) is 12.4 Å². The highest BCUT2D eigenvalue weighted by Crippen LogP contribution is 2.26. The predicted molar refractivity (Wildman–Crippen MR) is 64.7 cm³/mol. The highest BCUT2D eigenvalue weighted by Gasteiger charge is 2.09. The van der Waals surface area contributed by atoms with Crippen LogP contribution in [-0.2, 0) is 6.61 Å². The van der Waals surface area contributed by atoms with Crippen molar-refractivity contribution in [3.05, 3.63) is 47.4 Å². The largest absolute Gasteiger partial charge is 0.392 e. The minimum Gasteiger partial charge on any atom is -0.392 e. The molecular formula is C13H13FN2O. The van der Waals surface area contributed by atoms with Crippen LogP contribution in [-0.4, -0.2) is 10.1 Å². The molecule has 0 atom stereocenters. The number of aliphatic hydroxyl groups excluding tert-OH is 1. The molecule has 1 aromatic heterocycles. The van der Waals surface area contributed by atoms with Crippen LogP contribution < -0.4 is 5.73 Å². The molecule has 0 unspecified atom stereocenters. The van der Waals surface area contributed by atoms with Crippen LogP contribution in [0.2, 0.25) is 0 Å². The average Bonchev–Trinajstić information content (AvgIpc) is 2.30. The van der Waals surface area contributed by atoms with Crippen LogP contribution in [0, 0.1) is 12.7 Å². The number of rotatable bonds is 2. The van der Waals surface area contributed by atoms with Gasteiger partial charge in [-0.15, -0.1) is 0 Å². The molecule has 2 aromatic rings. The number of halogens is 1. The van der Waals surface area contributed by atoms with Gasteiger partial charge in [0, 0.05) is 16.8 Å². The molecule has 0 saturated heterocycles. The minimum atomic E-state index is -0.336. The lowest BCUT2D eigenvalue weighted by molar-refractivity contribution is 0.282. The van der Waals surface area contributed by atoms with E-state index >= 15 is 0 Å². The Morgan fingerprint density at radius 1 is 1.24 bits per heavy atom. The first-order valence-electron chi connectivity index (χ1n) is 5.24. The van der Waals surface area contributed by atoms with Gasteiger partial charge in [-0.25, -0.2) is 9.37 Å². The molecule has 0 bridgehead atoms. The molecule has 0 amide bonds. The number of pyridine rings is 1. The smallest absolute Gasteiger partial charge is 0.131 e. The lowest BCUT2D eigenvalue weighted by Crippen LogP contribution is -1.96. The third-order valence-corrected chi connectivity index (χ3v) is 2.61. The van der Waals surface area contributed by atoms with Gasteiger partial charge in [-0.05, 0) is 36.8 Å². The fraction of sp³-hybridized carbons (Fsp3) is 0.154. The molecule has 0 aliphatic carbocycles. The molecule has 0 fully saturated rings. The Morgan fingerprint density at radius 3 is 2.65 bits per heavy atom. The topological polar surface area (TPSA) is 59.1 Å². The van der Waals surface area contributed by atoms with E-state index in [1.54, 1.807) is 31.2 Å². The Bertz CT molecular complexity index is 555. The zero-order valence-electron chi connectivity index (χ0n) is 9.44. The molecule has 0 saturated carbocycles. The summed E-state index contributed by atoms with van der Waals surface area (Å²) in [5, 5.41) is 9.06. The Hall–Kier alpha value is -1.94. The second-order valence-electron chi connectivity index (χ2n) is 3.84. The van der Waals surface area contributed by atoms with Crippen LogP contribution in [0.15, 0.2) is 30.3 Å². The summed E-state index contributed by atoms with van der Waals surface area (Å²) in [7, 11) is 0. The number of benzene rings is 1. The van der Waals surface area contributed by atoms with Crippen LogP contribution >= 0.6 is 0 Å². The van der Waals surface area contributed by atoms with Gasteiger partial charge < -0.3 is 10.8 Å². The fourth-order valence-corrected chi connectivity index (χ4v) is 1.74. The maximum atomic E-state index is 13.7. The quantitative estimate of drug-likeness (QED) is 0.835. The number of aryl methyl sites for hydroxylation is 1. The second-order valence-corrected chi connectivity index (χ2v) is 3.84. The van der Waals surface area contributed by atoms with Crippen LogP contribution in [0.25, 0.3) is 11.1 Å². The summed E-state index contributed by atoms with van der Waals surface area (Å²) < 4.78 is 13.7. The summed E-state index contributed by atoms with van der Waals surface area (Å²) in [6.07, 6.45) is 0. The standard InChI is InChI=1S/C13H13FN2O/c1-8-10(3-5-13(15)16-8)11-6-9(7-17)2-4-12(11)14/h2-6,17H,7H2,1H3,(H2,15,16). The molecule has 0 spiro atoms. The lowest BCUT2D eigenvalue weighted by atomic mass is 10.0. The summed E-state index contributed by atoms with van der Waals surface area (Å²) in [4.78, 5) is 4.10. The molecule has 88 valence electrons. The van der Waals surface area contributed by atoms with Crippen molar-refractivity contribution in [2.24, 2.45) is 0 Å². The summed E-state index contributed by atoms with van der Waals surface area (Å²) >= 11 is 0. The number of aliphatic hydroxyl groups is 1. The van der Waals surface area contributed by atoms with Crippen LogP contribution in [0.5, 0.6) is 0 Å². The second kappa shape index (κ2) is 4.51. The third-order valence-electron chi connectivity index (χ3n) is 2.61. The number of anilines is 1. The number of hydrogen-bond donors (Lipinski definition) is 2. The molecule has 1 heterocycles. The summed E-state index contributed by atoms with van der Waals surface area (Å²) in [5.74, 6) is 0.0712. The van der Waals surface area contributed by atoms with Crippen molar-refractivity contribution < 1.29 is 9.50 Å². The van der Waals surface area contributed by atoms with Crippen LogP contribution in [0.1, 0.15) is 11.3 Å². The highest BCUT2D eigenvalue weighted by molar-refractivity contribution is 5.68. The molecule has 0 radical (unpaired) electrons. The first-order chi connectivity index (χ1) is 8.11. The van der Waals surface area contributed by atoms with E-state index in [1.807, 2.05) is 0 Å². The van der Waals surface area contributed by atoms with E-state index in [1.165, 1.54) is 6.07 Å². The number of nitrogens with two attached hydrogens (primary N) is 1. The van der Waals surface area contributed by atoms with Gasteiger partial charge in [0.1, 0.15) is 11.6 Å². The van der Waals surface area contributed by atoms with Gasteiger partial charge >= 0.3 is 0 Å². The van der Waals surface area contributed by atoms with E-state index in [2.05, 4.69) is 4.98 Å².